The number of carbonyl (C=O) groups excluding carboxylic acids is 4. The molecule has 0 N–H and O–H groups in total. The van der Waals surface area contributed by atoms with E-state index in [9.17, 15) is 19.2 Å². The van der Waals surface area contributed by atoms with E-state index < -0.39 is 17.8 Å². The van der Waals surface area contributed by atoms with Crippen LogP contribution in [-0.4, -0.2) is 43.7 Å². The van der Waals surface area contributed by atoms with Crippen LogP contribution in [0.15, 0.2) is 48.5 Å². The molecule has 3 aromatic rings. The number of carbonyl (C=O) groups is 4. The van der Waals surface area contributed by atoms with Crippen LogP contribution < -0.4 is 0 Å². The highest BCUT2D eigenvalue weighted by molar-refractivity contribution is 6.20. The van der Waals surface area contributed by atoms with Gasteiger partial charge in [0.05, 0.1) is 16.6 Å². The van der Waals surface area contributed by atoms with Gasteiger partial charge in [-0.1, -0.05) is 34.5 Å². The molecule has 0 fully saturated rings. The van der Waals surface area contributed by atoms with Gasteiger partial charge in [0.1, 0.15) is 5.52 Å². The Morgan fingerprint density at radius 3 is 2.25 bits per heavy atom. The van der Waals surface area contributed by atoms with Gasteiger partial charge in [-0.25, -0.2) is 4.79 Å². The maximum atomic E-state index is 12.3. The fourth-order valence-electron chi connectivity index (χ4n) is 2.94. The van der Waals surface area contributed by atoms with Crippen molar-refractivity contribution in [2.45, 2.75) is 19.3 Å². The molecule has 0 bridgehead atoms. The third kappa shape index (κ3) is 3.02. The molecular weight excluding hydrogens is 364 g/mol. The summed E-state index contributed by atoms with van der Waals surface area (Å²) in [4.78, 5) is 53.5. The normalized spacial score (nSPS) is 13.1. The van der Waals surface area contributed by atoms with Gasteiger partial charge in [-0.2, -0.15) is 4.68 Å². The van der Waals surface area contributed by atoms with E-state index in [-0.39, 0.29) is 36.3 Å². The lowest BCUT2D eigenvalue weighted by Crippen LogP contribution is -2.32. The van der Waals surface area contributed by atoms with Crippen LogP contribution >= 0.6 is 0 Å². The number of benzene rings is 2. The molecule has 9 heteroatoms. The van der Waals surface area contributed by atoms with Crippen LogP contribution in [0.25, 0.3) is 11.0 Å². The highest BCUT2D eigenvalue weighted by Crippen LogP contribution is 2.23. The molecule has 0 radical (unpaired) electrons. The van der Waals surface area contributed by atoms with Gasteiger partial charge < -0.3 is 4.84 Å². The zero-order valence-corrected chi connectivity index (χ0v) is 14.6. The maximum absolute atomic E-state index is 12.3. The Morgan fingerprint density at radius 2 is 1.54 bits per heavy atom. The quantitative estimate of drug-likeness (QED) is 0.624. The molecule has 9 nitrogen and oxygen atoms in total. The summed E-state index contributed by atoms with van der Waals surface area (Å²) in [6.45, 7) is 0. The van der Waals surface area contributed by atoms with Crippen LogP contribution in [0.1, 0.15) is 44.8 Å². The summed E-state index contributed by atoms with van der Waals surface area (Å²) < 4.78 is 1.19. The van der Waals surface area contributed by atoms with Crippen molar-refractivity contribution in [3.63, 3.8) is 0 Å². The highest BCUT2D eigenvalue weighted by Gasteiger charge is 2.38. The van der Waals surface area contributed by atoms with Crippen molar-refractivity contribution in [3.05, 3.63) is 59.7 Å². The molecule has 1 aliphatic heterocycles. The average Bonchev–Trinajstić information content (AvgIpc) is 3.24. The molecule has 0 aliphatic carbocycles. The fourth-order valence-corrected chi connectivity index (χ4v) is 2.94. The van der Waals surface area contributed by atoms with Gasteiger partial charge in [0.2, 0.25) is 5.91 Å². The summed E-state index contributed by atoms with van der Waals surface area (Å²) in [7, 11) is 0. The second kappa shape index (κ2) is 7.03. The van der Waals surface area contributed by atoms with Crippen LogP contribution in [-0.2, 0) is 9.63 Å². The summed E-state index contributed by atoms with van der Waals surface area (Å²) in [5, 5.41) is 8.19. The van der Waals surface area contributed by atoms with Crippen LogP contribution in [0.4, 0.5) is 0 Å². The largest absolute Gasteiger partial charge is 0.333 e. The van der Waals surface area contributed by atoms with Crippen molar-refractivity contribution in [1.29, 1.82) is 0 Å². The molecule has 0 unspecified atom stereocenters. The minimum atomic E-state index is -0.772. The minimum absolute atomic E-state index is 0.0323. The SMILES string of the molecule is O=C(CCCC(=O)n1nnc2ccccc21)ON1C(=O)c2ccccc2C1=O. The van der Waals surface area contributed by atoms with Crippen LogP contribution in [0.5, 0.6) is 0 Å². The van der Waals surface area contributed by atoms with E-state index in [0.717, 1.165) is 0 Å². The molecule has 140 valence electrons. The third-order valence-corrected chi connectivity index (χ3v) is 4.31. The smallest absolute Gasteiger partial charge is 0.330 e. The first kappa shape index (κ1) is 17.5. The number of fused-ring (bicyclic) bond motifs is 2. The lowest BCUT2D eigenvalue weighted by Gasteiger charge is -2.12. The number of imide groups is 1. The van der Waals surface area contributed by atoms with E-state index in [4.69, 9.17) is 4.84 Å². The van der Waals surface area contributed by atoms with E-state index in [1.807, 2.05) is 0 Å². The first-order valence-corrected chi connectivity index (χ1v) is 8.58. The first-order valence-electron chi connectivity index (χ1n) is 8.58. The summed E-state index contributed by atoms with van der Waals surface area (Å²) >= 11 is 0. The third-order valence-electron chi connectivity index (χ3n) is 4.31. The lowest BCUT2D eigenvalue weighted by atomic mass is 10.1. The molecule has 1 aromatic heterocycles. The number of nitrogens with zero attached hydrogens (tertiary/aromatic N) is 4. The Kier molecular flexibility index (Phi) is 4.40. The van der Waals surface area contributed by atoms with E-state index in [0.29, 0.717) is 16.1 Å². The predicted molar refractivity (Wildman–Crippen MR) is 95.0 cm³/mol. The molecule has 0 saturated carbocycles. The maximum Gasteiger partial charge on any atom is 0.333 e. The Hall–Kier alpha value is -3.88. The van der Waals surface area contributed by atoms with Gasteiger partial charge in [0, 0.05) is 12.8 Å². The molecule has 2 aromatic carbocycles. The summed E-state index contributed by atoms with van der Waals surface area (Å²) in [5.41, 5.74) is 1.56. The van der Waals surface area contributed by atoms with E-state index in [2.05, 4.69) is 10.3 Å². The molecule has 0 saturated heterocycles. The van der Waals surface area contributed by atoms with Crippen LogP contribution in [0.3, 0.4) is 0 Å². The average molecular weight is 378 g/mol. The molecule has 2 amide bonds. The predicted octanol–water partition coefficient (Wildman–Crippen LogP) is 2.00. The molecule has 1 aliphatic rings. The molecule has 2 heterocycles. The monoisotopic (exact) mass is 378 g/mol. The van der Waals surface area contributed by atoms with Crippen molar-refractivity contribution < 1.29 is 24.0 Å². The van der Waals surface area contributed by atoms with Gasteiger partial charge >= 0.3 is 5.97 Å². The second-order valence-electron chi connectivity index (χ2n) is 6.15. The molecular formula is C19H14N4O5. The summed E-state index contributed by atoms with van der Waals surface area (Å²) in [6.07, 6.45) is 0.0748. The van der Waals surface area contributed by atoms with Crippen LogP contribution in [0, 0.1) is 0 Å². The number of hydrogen-bond acceptors (Lipinski definition) is 7. The van der Waals surface area contributed by atoms with E-state index in [1.54, 1.807) is 36.4 Å². The van der Waals surface area contributed by atoms with Crippen molar-refractivity contribution in [2.75, 3.05) is 0 Å². The zero-order chi connectivity index (χ0) is 19.7. The molecule has 0 spiro atoms. The van der Waals surface area contributed by atoms with Crippen molar-refractivity contribution in [3.8, 4) is 0 Å². The summed E-state index contributed by atoms with van der Waals surface area (Å²) in [6, 6.07) is 13.3. The number of hydrogen-bond donors (Lipinski definition) is 0. The van der Waals surface area contributed by atoms with Crippen molar-refractivity contribution in [2.24, 2.45) is 0 Å². The standard InChI is InChI=1S/C19H14N4O5/c24-16(22-15-9-4-3-8-14(15)20-21-22)10-5-11-17(25)28-23-18(26)12-6-1-2-7-13(12)19(23)27/h1-4,6-9H,5,10-11H2. The van der Waals surface area contributed by atoms with Crippen molar-refractivity contribution >= 4 is 34.7 Å². The van der Waals surface area contributed by atoms with Gasteiger partial charge in [0.25, 0.3) is 11.8 Å². The first-order chi connectivity index (χ1) is 13.6. The zero-order valence-electron chi connectivity index (χ0n) is 14.6. The van der Waals surface area contributed by atoms with Gasteiger partial charge in [-0.3, -0.25) is 14.4 Å². The highest BCUT2D eigenvalue weighted by atomic mass is 16.7. The minimum Gasteiger partial charge on any atom is -0.330 e. The molecule has 4 rings (SSSR count). The van der Waals surface area contributed by atoms with Crippen LogP contribution in [0.2, 0.25) is 0 Å². The van der Waals surface area contributed by atoms with E-state index in [1.165, 1.54) is 16.8 Å². The number of amides is 2. The number of hydroxylamine groups is 2. The Bertz CT molecular complexity index is 1090. The van der Waals surface area contributed by atoms with Gasteiger partial charge in [0.15, 0.2) is 0 Å². The topological polar surface area (TPSA) is 111 Å². The van der Waals surface area contributed by atoms with Gasteiger partial charge in [-0.15, -0.1) is 5.10 Å². The number of aromatic nitrogens is 3. The number of para-hydroxylation sites is 1. The molecule has 28 heavy (non-hydrogen) atoms. The Labute approximate surface area is 158 Å². The fraction of sp³-hybridized carbons (Fsp3) is 0.158. The van der Waals surface area contributed by atoms with E-state index >= 15 is 0 Å². The Balaban J connectivity index is 1.32. The van der Waals surface area contributed by atoms with Crippen molar-refractivity contribution in [1.82, 2.24) is 20.1 Å². The second-order valence-corrected chi connectivity index (χ2v) is 6.15. The molecule has 0 atom stereocenters. The summed E-state index contributed by atoms with van der Waals surface area (Å²) in [5.74, 6) is -2.45. The number of rotatable bonds is 5. The Morgan fingerprint density at radius 1 is 0.893 bits per heavy atom. The lowest BCUT2D eigenvalue weighted by molar-refractivity contribution is -0.168. The van der Waals surface area contributed by atoms with Gasteiger partial charge in [-0.05, 0) is 30.7 Å².